The lowest BCUT2D eigenvalue weighted by molar-refractivity contribution is 0.185. The number of pyridine rings is 1. The van der Waals surface area contributed by atoms with Crippen molar-refractivity contribution in [2.24, 2.45) is 0 Å². The summed E-state index contributed by atoms with van der Waals surface area (Å²) in [6, 6.07) is 11.3. The van der Waals surface area contributed by atoms with Gasteiger partial charge in [-0.15, -0.1) is 10.2 Å². The largest absolute Gasteiger partial charge is 0.449 e. The highest BCUT2D eigenvalue weighted by atomic mass is 32.2. The molecule has 0 saturated carbocycles. The Morgan fingerprint density at radius 2 is 2.00 bits per heavy atom. The van der Waals surface area contributed by atoms with Crippen molar-refractivity contribution in [1.82, 2.24) is 29.7 Å². The van der Waals surface area contributed by atoms with Gasteiger partial charge in [-0.1, -0.05) is 23.9 Å². The predicted octanol–water partition coefficient (Wildman–Crippen LogP) is 3.26. The number of rotatable bonds is 7. The molecule has 0 amide bonds. The van der Waals surface area contributed by atoms with Gasteiger partial charge in [0.1, 0.15) is 16.9 Å². The number of H-pyrrole nitrogens is 1. The number of hydrogen-bond acceptors (Lipinski definition) is 8. The number of nitrogens with zero attached hydrogens (tertiary/aromatic N) is 5. The topological polar surface area (TPSA) is 112 Å². The zero-order valence-corrected chi connectivity index (χ0v) is 17.4. The molecule has 4 aromatic heterocycles. The number of para-hydroxylation sites is 1. The molecule has 0 radical (unpaired) electrons. The SMILES string of the molecule is COCCn1c(SCc2nc3c(oc4ccccc43)c(=O)[nH]2)nnc1-c1ccncc1. The summed E-state index contributed by atoms with van der Waals surface area (Å²) < 4.78 is 12.9. The molecule has 0 bridgehead atoms. The first-order chi connectivity index (χ1) is 15.2. The van der Waals surface area contributed by atoms with Crippen molar-refractivity contribution in [3.63, 3.8) is 0 Å². The molecule has 0 aliphatic heterocycles. The monoisotopic (exact) mass is 434 g/mol. The van der Waals surface area contributed by atoms with Crippen LogP contribution in [0.2, 0.25) is 0 Å². The summed E-state index contributed by atoms with van der Waals surface area (Å²) in [5, 5.41) is 10.2. The molecule has 1 aromatic carbocycles. The van der Waals surface area contributed by atoms with Crippen molar-refractivity contribution >= 4 is 33.8 Å². The molecule has 5 aromatic rings. The highest BCUT2D eigenvalue weighted by Crippen LogP contribution is 2.27. The Labute approximate surface area is 180 Å². The van der Waals surface area contributed by atoms with E-state index in [4.69, 9.17) is 9.15 Å². The van der Waals surface area contributed by atoms with Crippen molar-refractivity contribution in [2.45, 2.75) is 17.5 Å². The molecule has 4 heterocycles. The third-order valence-electron chi connectivity index (χ3n) is 4.79. The minimum Gasteiger partial charge on any atom is -0.449 e. The van der Waals surface area contributed by atoms with Gasteiger partial charge in [-0.3, -0.25) is 14.3 Å². The zero-order chi connectivity index (χ0) is 21.2. The smallest absolute Gasteiger partial charge is 0.294 e. The quantitative estimate of drug-likeness (QED) is 0.389. The van der Waals surface area contributed by atoms with E-state index in [0.29, 0.717) is 41.0 Å². The first-order valence-corrected chi connectivity index (χ1v) is 10.6. The number of furan rings is 1. The summed E-state index contributed by atoms with van der Waals surface area (Å²) in [5.74, 6) is 1.70. The molecule has 0 aliphatic rings. The van der Waals surface area contributed by atoms with Crippen LogP contribution in [0.1, 0.15) is 5.82 Å². The molecule has 31 heavy (non-hydrogen) atoms. The summed E-state index contributed by atoms with van der Waals surface area (Å²) in [5.41, 5.74) is 2.06. The first kappa shape index (κ1) is 19.5. The van der Waals surface area contributed by atoms with Crippen LogP contribution in [0.5, 0.6) is 0 Å². The molecule has 1 N–H and O–H groups in total. The van der Waals surface area contributed by atoms with Crippen LogP contribution in [-0.2, 0) is 17.0 Å². The van der Waals surface area contributed by atoms with Gasteiger partial charge >= 0.3 is 0 Å². The highest BCUT2D eigenvalue weighted by Gasteiger charge is 2.17. The van der Waals surface area contributed by atoms with Crippen molar-refractivity contribution in [1.29, 1.82) is 0 Å². The van der Waals surface area contributed by atoms with Crippen LogP contribution in [0.4, 0.5) is 0 Å². The van der Waals surface area contributed by atoms with Gasteiger partial charge in [-0.2, -0.15) is 0 Å². The van der Waals surface area contributed by atoms with E-state index in [2.05, 4.69) is 25.1 Å². The molecule has 9 nitrogen and oxygen atoms in total. The van der Waals surface area contributed by atoms with Crippen molar-refractivity contribution in [3.05, 3.63) is 65.0 Å². The Balaban J connectivity index is 1.47. The second-order valence-electron chi connectivity index (χ2n) is 6.76. The van der Waals surface area contributed by atoms with Crippen LogP contribution in [0.25, 0.3) is 33.5 Å². The Morgan fingerprint density at radius 3 is 2.84 bits per heavy atom. The standard InChI is InChI=1S/C21H18N6O3S/c1-29-11-10-27-19(13-6-8-22-9-7-13)25-26-21(27)31-12-16-23-17-14-4-2-3-5-15(14)30-18(17)20(28)24-16/h2-9H,10-12H2,1H3,(H,23,24,28). The van der Waals surface area contributed by atoms with Gasteiger partial charge in [-0.05, 0) is 24.3 Å². The molecular weight excluding hydrogens is 416 g/mol. The predicted molar refractivity (Wildman–Crippen MR) is 117 cm³/mol. The Kier molecular flexibility index (Phi) is 5.23. The molecule has 0 spiro atoms. The van der Waals surface area contributed by atoms with Crippen LogP contribution in [0.15, 0.2) is 63.2 Å². The molecule has 10 heteroatoms. The first-order valence-electron chi connectivity index (χ1n) is 9.60. The molecule has 0 unspecified atom stereocenters. The van der Waals surface area contributed by atoms with E-state index in [1.54, 1.807) is 19.5 Å². The average molecular weight is 434 g/mol. The average Bonchev–Trinajstić information content (AvgIpc) is 3.38. The van der Waals surface area contributed by atoms with Gasteiger partial charge < -0.3 is 14.1 Å². The fourth-order valence-corrected chi connectivity index (χ4v) is 4.18. The van der Waals surface area contributed by atoms with Gasteiger partial charge in [0.2, 0.25) is 5.58 Å². The number of thioether (sulfide) groups is 1. The van der Waals surface area contributed by atoms with Crippen LogP contribution < -0.4 is 5.56 Å². The van der Waals surface area contributed by atoms with E-state index in [-0.39, 0.29) is 11.1 Å². The van der Waals surface area contributed by atoms with E-state index in [9.17, 15) is 4.79 Å². The molecule has 156 valence electrons. The van der Waals surface area contributed by atoms with E-state index >= 15 is 0 Å². The maximum absolute atomic E-state index is 12.5. The lowest BCUT2D eigenvalue weighted by Gasteiger charge is -2.09. The molecule has 5 rings (SSSR count). The molecule has 0 fully saturated rings. The third kappa shape index (κ3) is 3.71. The molecule has 0 saturated heterocycles. The van der Waals surface area contributed by atoms with Gasteiger partial charge in [0.15, 0.2) is 11.0 Å². The number of benzene rings is 1. The van der Waals surface area contributed by atoms with Gasteiger partial charge in [0, 0.05) is 30.5 Å². The molecule has 0 atom stereocenters. The Bertz CT molecular complexity index is 1410. The number of aromatic nitrogens is 6. The zero-order valence-electron chi connectivity index (χ0n) is 16.6. The maximum Gasteiger partial charge on any atom is 0.294 e. The van der Waals surface area contributed by atoms with Crippen LogP contribution in [-0.4, -0.2) is 43.4 Å². The number of fused-ring (bicyclic) bond motifs is 3. The summed E-state index contributed by atoms with van der Waals surface area (Å²) in [6.45, 7) is 1.12. The number of hydrogen-bond donors (Lipinski definition) is 1. The Morgan fingerprint density at radius 1 is 1.16 bits per heavy atom. The normalized spacial score (nSPS) is 11.5. The molecular formula is C21H18N6O3S. The van der Waals surface area contributed by atoms with Crippen LogP contribution in [0, 0.1) is 0 Å². The summed E-state index contributed by atoms with van der Waals surface area (Å²) in [7, 11) is 1.66. The molecule has 0 aliphatic carbocycles. The highest BCUT2D eigenvalue weighted by molar-refractivity contribution is 7.98. The Hall–Kier alpha value is -3.50. The van der Waals surface area contributed by atoms with Crippen molar-refractivity contribution in [3.8, 4) is 11.4 Å². The maximum atomic E-state index is 12.5. The summed E-state index contributed by atoms with van der Waals surface area (Å²) >= 11 is 1.45. The summed E-state index contributed by atoms with van der Waals surface area (Å²) in [6.07, 6.45) is 3.44. The van der Waals surface area contributed by atoms with E-state index in [1.807, 2.05) is 41.0 Å². The van der Waals surface area contributed by atoms with Crippen molar-refractivity contribution < 1.29 is 9.15 Å². The van der Waals surface area contributed by atoms with E-state index in [1.165, 1.54) is 11.8 Å². The fraction of sp³-hybridized carbons (Fsp3) is 0.190. The van der Waals surface area contributed by atoms with Gasteiger partial charge in [0.25, 0.3) is 5.56 Å². The second-order valence-corrected chi connectivity index (χ2v) is 7.71. The lowest BCUT2D eigenvalue weighted by atomic mass is 10.2. The minimum absolute atomic E-state index is 0.234. The van der Waals surface area contributed by atoms with E-state index < -0.39 is 0 Å². The number of aromatic amines is 1. The minimum atomic E-state index is -0.296. The second kappa shape index (κ2) is 8.32. The number of ether oxygens (including phenoxy) is 1. The number of nitrogens with one attached hydrogen (secondary N) is 1. The number of methoxy groups -OCH3 is 1. The van der Waals surface area contributed by atoms with Crippen LogP contribution in [0.3, 0.4) is 0 Å². The fourth-order valence-electron chi connectivity index (χ4n) is 3.34. The van der Waals surface area contributed by atoms with Gasteiger partial charge in [-0.25, -0.2) is 4.98 Å². The van der Waals surface area contributed by atoms with Crippen molar-refractivity contribution in [2.75, 3.05) is 13.7 Å². The van der Waals surface area contributed by atoms with Crippen LogP contribution >= 0.6 is 11.8 Å². The third-order valence-corrected chi connectivity index (χ3v) is 5.77. The lowest BCUT2D eigenvalue weighted by Crippen LogP contribution is -2.11. The van der Waals surface area contributed by atoms with Gasteiger partial charge in [0.05, 0.1) is 18.9 Å². The van der Waals surface area contributed by atoms with E-state index in [0.717, 1.165) is 16.8 Å². The summed E-state index contributed by atoms with van der Waals surface area (Å²) in [4.78, 5) is 24.0.